The molecule has 1 heterocycles. The molecular formula is C8H5Cl2FN4. The molecule has 0 unspecified atom stereocenters. The van der Waals surface area contributed by atoms with E-state index in [4.69, 9.17) is 23.2 Å². The zero-order chi connectivity index (χ0) is 10.8. The number of rotatable bonds is 2. The van der Waals surface area contributed by atoms with Gasteiger partial charge >= 0.3 is 6.08 Å². The minimum atomic E-state index is -0.828. The molecule has 0 aliphatic carbocycles. The van der Waals surface area contributed by atoms with Crippen LogP contribution in [0.4, 0.5) is 16.0 Å². The van der Waals surface area contributed by atoms with Crippen LogP contribution in [0.25, 0.3) is 0 Å². The smallest absolute Gasteiger partial charge is 0.324 e. The van der Waals surface area contributed by atoms with E-state index in [0.29, 0.717) is 15.7 Å². The van der Waals surface area contributed by atoms with Gasteiger partial charge in [0.2, 0.25) is 5.95 Å². The van der Waals surface area contributed by atoms with Crippen molar-refractivity contribution in [3.63, 3.8) is 0 Å². The maximum Gasteiger partial charge on any atom is 0.328 e. The van der Waals surface area contributed by atoms with Gasteiger partial charge in [0, 0.05) is 15.7 Å². The zero-order valence-corrected chi connectivity index (χ0v) is 8.77. The zero-order valence-electron chi connectivity index (χ0n) is 7.26. The molecular weight excluding hydrogens is 242 g/mol. The van der Waals surface area contributed by atoms with Gasteiger partial charge in [-0.2, -0.15) is 9.37 Å². The van der Waals surface area contributed by atoms with Crippen molar-refractivity contribution in [2.24, 2.45) is 0 Å². The third-order valence-electron chi connectivity index (χ3n) is 1.58. The fraction of sp³-hybridized carbons (Fsp3) is 0. The van der Waals surface area contributed by atoms with Crippen LogP contribution < -0.4 is 5.32 Å². The number of hydrogen-bond acceptors (Lipinski definition) is 3. The Balaban J connectivity index is 2.24. The van der Waals surface area contributed by atoms with Crippen LogP contribution in [0.1, 0.15) is 0 Å². The van der Waals surface area contributed by atoms with E-state index in [1.807, 2.05) is 0 Å². The number of nitrogens with zero attached hydrogens (tertiary/aromatic N) is 2. The van der Waals surface area contributed by atoms with Crippen LogP contribution in [0.15, 0.2) is 18.2 Å². The highest BCUT2D eigenvalue weighted by Gasteiger charge is 2.03. The Kier molecular flexibility index (Phi) is 2.75. The molecule has 1 aromatic heterocycles. The Bertz CT molecular complexity index is 465. The van der Waals surface area contributed by atoms with Crippen molar-refractivity contribution in [3.8, 4) is 0 Å². The van der Waals surface area contributed by atoms with Crippen molar-refractivity contribution in [2.45, 2.75) is 0 Å². The van der Waals surface area contributed by atoms with E-state index >= 15 is 0 Å². The Morgan fingerprint density at radius 1 is 1.20 bits per heavy atom. The summed E-state index contributed by atoms with van der Waals surface area (Å²) < 4.78 is 12.4. The highest BCUT2D eigenvalue weighted by Crippen LogP contribution is 2.23. The summed E-state index contributed by atoms with van der Waals surface area (Å²) in [6.07, 6.45) is -0.828. The first kappa shape index (κ1) is 10.2. The number of halogens is 3. The van der Waals surface area contributed by atoms with Crippen LogP contribution in [-0.4, -0.2) is 15.2 Å². The largest absolute Gasteiger partial charge is 0.328 e. The standard InChI is InChI=1S/C8H5Cl2FN4/c9-4-1-5(10)3-6(2-4)12-8-13-7(11)14-15-8/h1-3H,(H2,12,13,14,15). The maximum atomic E-state index is 12.4. The summed E-state index contributed by atoms with van der Waals surface area (Å²) in [6, 6.07) is 4.86. The van der Waals surface area contributed by atoms with E-state index in [9.17, 15) is 4.39 Å². The van der Waals surface area contributed by atoms with Crippen molar-refractivity contribution in [1.82, 2.24) is 15.2 Å². The van der Waals surface area contributed by atoms with Gasteiger partial charge in [-0.25, -0.2) is 5.10 Å². The summed E-state index contributed by atoms with van der Waals surface area (Å²) in [6.45, 7) is 0. The highest BCUT2D eigenvalue weighted by molar-refractivity contribution is 6.35. The molecule has 0 bridgehead atoms. The molecule has 4 nitrogen and oxygen atoms in total. The molecule has 2 rings (SSSR count). The monoisotopic (exact) mass is 246 g/mol. The molecule has 7 heteroatoms. The van der Waals surface area contributed by atoms with Crippen molar-refractivity contribution in [2.75, 3.05) is 5.32 Å². The van der Waals surface area contributed by atoms with E-state index < -0.39 is 6.08 Å². The van der Waals surface area contributed by atoms with Crippen LogP contribution in [0.2, 0.25) is 10.0 Å². The average molecular weight is 247 g/mol. The number of aromatic amines is 1. The molecule has 15 heavy (non-hydrogen) atoms. The fourth-order valence-corrected chi connectivity index (χ4v) is 1.59. The van der Waals surface area contributed by atoms with Gasteiger partial charge in [-0.1, -0.05) is 23.2 Å². The van der Waals surface area contributed by atoms with Crippen LogP contribution >= 0.6 is 23.2 Å². The number of anilines is 2. The lowest BCUT2D eigenvalue weighted by Crippen LogP contribution is -1.92. The van der Waals surface area contributed by atoms with Gasteiger partial charge < -0.3 is 5.32 Å². The lowest BCUT2D eigenvalue weighted by Gasteiger charge is -2.03. The highest BCUT2D eigenvalue weighted by atomic mass is 35.5. The number of aromatic nitrogens is 3. The predicted molar refractivity (Wildman–Crippen MR) is 56.1 cm³/mol. The van der Waals surface area contributed by atoms with Crippen molar-refractivity contribution in [3.05, 3.63) is 34.3 Å². The van der Waals surface area contributed by atoms with Crippen LogP contribution in [0.5, 0.6) is 0 Å². The fourth-order valence-electron chi connectivity index (χ4n) is 1.06. The first-order chi connectivity index (χ1) is 7.13. The predicted octanol–water partition coefficient (Wildman–Crippen LogP) is 2.99. The maximum absolute atomic E-state index is 12.4. The Labute approximate surface area is 94.4 Å². The molecule has 2 N–H and O–H groups in total. The molecule has 0 aliphatic heterocycles. The minimum absolute atomic E-state index is 0.186. The van der Waals surface area contributed by atoms with E-state index in [-0.39, 0.29) is 5.95 Å². The van der Waals surface area contributed by atoms with Crippen molar-refractivity contribution >= 4 is 34.8 Å². The van der Waals surface area contributed by atoms with Crippen molar-refractivity contribution in [1.29, 1.82) is 0 Å². The summed E-state index contributed by atoms with van der Waals surface area (Å²) in [5.41, 5.74) is 0.601. The second kappa shape index (κ2) is 4.04. The second-order valence-electron chi connectivity index (χ2n) is 2.74. The Morgan fingerprint density at radius 2 is 1.87 bits per heavy atom. The van der Waals surface area contributed by atoms with E-state index in [1.54, 1.807) is 18.2 Å². The molecule has 0 atom stereocenters. The van der Waals surface area contributed by atoms with Crippen molar-refractivity contribution < 1.29 is 4.39 Å². The summed E-state index contributed by atoms with van der Waals surface area (Å²) in [5, 5.41) is 9.31. The molecule has 0 spiro atoms. The van der Waals surface area contributed by atoms with E-state index in [1.165, 1.54) is 0 Å². The molecule has 0 fully saturated rings. The minimum Gasteiger partial charge on any atom is -0.324 e. The SMILES string of the molecule is Fc1n[nH]c(Nc2cc(Cl)cc(Cl)c2)n1. The van der Waals surface area contributed by atoms with Gasteiger partial charge in [0.15, 0.2) is 0 Å². The Morgan fingerprint density at radius 3 is 2.40 bits per heavy atom. The van der Waals surface area contributed by atoms with E-state index in [2.05, 4.69) is 20.5 Å². The lowest BCUT2D eigenvalue weighted by atomic mass is 10.3. The lowest BCUT2D eigenvalue weighted by molar-refractivity contribution is 0.544. The molecule has 0 amide bonds. The molecule has 0 aliphatic rings. The van der Waals surface area contributed by atoms with Gasteiger partial charge in [-0.15, -0.1) is 5.10 Å². The molecule has 2 aromatic rings. The van der Waals surface area contributed by atoms with Crippen LogP contribution in [0.3, 0.4) is 0 Å². The summed E-state index contributed by atoms with van der Waals surface area (Å²) in [5.74, 6) is 0.186. The summed E-state index contributed by atoms with van der Waals surface area (Å²) in [4.78, 5) is 3.43. The first-order valence-electron chi connectivity index (χ1n) is 3.94. The van der Waals surface area contributed by atoms with Gasteiger partial charge in [0.05, 0.1) is 0 Å². The van der Waals surface area contributed by atoms with Gasteiger partial charge in [0.25, 0.3) is 0 Å². The molecule has 0 saturated carbocycles. The van der Waals surface area contributed by atoms with Gasteiger partial charge in [-0.05, 0) is 18.2 Å². The molecule has 78 valence electrons. The average Bonchev–Trinajstić information content (AvgIpc) is 2.49. The Hall–Kier alpha value is -1.33. The first-order valence-corrected chi connectivity index (χ1v) is 4.70. The third-order valence-corrected chi connectivity index (χ3v) is 2.02. The number of benzene rings is 1. The quantitative estimate of drug-likeness (QED) is 0.857. The topological polar surface area (TPSA) is 53.6 Å². The summed E-state index contributed by atoms with van der Waals surface area (Å²) in [7, 11) is 0. The van der Waals surface area contributed by atoms with Gasteiger partial charge in [0.1, 0.15) is 0 Å². The van der Waals surface area contributed by atoms with Crippen LogP contribution in [-0.2, 0) is 0 Å². The summed E-state index contributed by atoms with van der Waals surface area (Å²) >= 11 is 11.6. The van der Waals surface area contributed by atoms with E-state index in [0.717, 1.165) is 0 Å². The number of H-pyrrole nitrogens is 1. The molecule has 0 radical (unpaired) electrons. The molecule has 0 saturated heterocycles. The number of nitrogens with one attached hydrogen (secondary N) is 2. The van der Waals surface area contributed by atoms with Gasteiger partial charge in [-0.3, -0.25) is 0 Å². The third kappa shape index (κ3) is 2.57. The second-order valence-corrected chi connectivity index (χ2v) is 3.61. The van der Waals surface area contributed by atoms with Crippen LogP contribution in [0, 0.1) is 6.08 Å². The molecule has 1 aromatic carbocycles. The normalized spacial score (nSPS) is 10.3. The number of hydrogen-bond donors (Lipinski definition) is 2.